The maximum absolute atomic E-state index is 5.48. The van der Waals surface area contributed by atoms with Crippen LogP contribution in [0.5, 0.6) is 0 Å². The summed E-state index contributed by atoms with van der Waals surface area (Å²) in [6, 6.07) is 0. The maximum Gasteiger partial charge on any atom is 0.0125 e. The molecule has 0 aliphatic rings. The van der Waals surface area contributed by atoms with Gasteiger partial charge in [0, 0.05) is 5.54 Å². The fourth-order valence-electron chi connectivity index (χ4n) is 2.65. The Labute approximate surface area is 121 Å². The molecule has 0 saturated heterocycles. The Morgan fingerprint density at radius 1 is 0.789 bits per heavy atom. The standard InChI is InChI=1S/C17H38N2/c1-4-14-17(2,3)19-16-13-11-9-7-5-6-8-10-12-15-18/h19H,4-16,18H2,1-3H3. The summed E-state index contributed by atoms with van der Waals surface area (Å²) in [6.07, 6.45) is 14.8. The van der Waals surface area contributed by atoms with Crippen LogP contribution in [0, 0.1) is 0 Å². The highest BCUT2D eigenvalue weighted by Gasteiger charge is 2.14. The normalized spacial score (nSPS) is 12.0. The Bertz CT molecular complexity index is 178. The quantitative estimate of drug-likeness (QED) is 0.452. The Morgan fingerprint density at radius 2 is 1.26 bits per heavy atom. The third kappa shape index (κ3) is 14.1. The van der Waals surface area contributed by atoms with E-state index >= 15 is 0 Å². The Balaban J connectivity index is 3.14. The van der Waals surface area contributed by atoms with Gasteiger partial charge < -0.3 is 11.1 Å². The van der Waals surface area contributed by atoms with Gasteiger partial charge in [-0.1, -0.05) is 58.3 Å². The number of nitrogens with one attached hydrogen (secondary N) is 1. The van der Waals surface area contributed by atoms with Gasteiger partial charge in [0.2, 0.25) is 0 Å². The lowest BCUT2D eigenvalue weighted by molar-refractivity contribution is 0.354. The van der Waals surface area contributed by atoms with E-state index in [1.54, 1.807) is 0 Å². The second kappa shape index (κ2) is 12.9. The molecule has 0 fully saturated rings. The van der Waals surface area contributed by atoms with Crippen LogP contribution >= 0.6 is 0 Å². The third-order valence-electron chi connectivity index (χ3n) is 3.86. The maximum atomic E-state index is 5.48. The molecule has 0 unspecified atom stereocenters. The molecule has 0 bridgehead atoms. The summed E-state index contributed by atoms with van der Waals surface area (Å²) in [5.74, 6) is 0. The van der Waals surface area contributed by atoms with Crippen LogP contribution < -0.4 is 11.1 Å². The Kier molecular flexibility index (Phi) is 12.9. The Morgan fingerprint density at radius 3 is 1.74 bits per heavy atom. The summed E-state index contributed by atoms with van der Waals surface area (Å²) < 4.78 is 0. The molecule has 3 N–H and O–H groups in total. The van der Waals surface area contributed by atoms with Crippen LogP contribution in [0.3, 0.4) is 0 Å². The molecule has 0 saturated carbocycles. The van der Waals surface area contributed by atoms with Crippen molar-refractivity contribution in [1.82, 2.24) is 5.32 Å². The van der Waals surface area contributed by atoms with Crippen LogP contribution in [0.15, 0.2) is 0 Å². The predicted molar refractivity (Wildman–Crippen MR) is 87.6 cm³/mol. The number of hydrogen-bond donors (Lipinski definition) is 2. The molecule has 0 radical (unpaired) electrons. The second-order valence-electron chi connectivity index (χ2n) is 6.53. The first-order chi connectivity index (χ1) is 9.12. The van der Waals surface area contributed by atoms with Gasteiger partial charge in [0.05, 0.1) is 0 Å². The number of unbranched alkanes of at least 4 members (excludes halogenated alkanes) is 8. The lowest BCUT2D eigenvalue weighted by atomic mass is 9.98. The minimum Gasteiger partial charge on any atom is -0.330 e. The molecule has 116 valence electrons. The molecule has 0 aromatic heterocycles. The molecule has 0 aromatic rings. The third-order valence-corrected chi connectivity index (χ3v) is 3.86. The molecule has 0 aliphatic heterocycles. The lowest BCUT2D eigenvalue weighted by Gasteiger charge is -2.25. The van der Waals surface area contributed by atoms with Crippen LogP contribution in [-0.2, 0) is 0 Å². The number of hydrogen-bond acceptors (Lipinski definition) is 2. The molecule has 0 aliphatic carbocycles. The summed E-state index contributed by atoms with van der Waals surface area (Å²) in [6.45, 7) is 8.94. The van der Waals surface area contributed by atoms with Crippen LogP contribution in [-0.4, -0.2) is 18.6 Å². The molecule has 19 heavy (non-hydrogen) atoms. The summed E-state index contributed by atoms with van der Waals surface area (Å²) in [5.41, 5.74) is 5.81. The first kappa shape index (κ1) is 18.9. The fourth-order valence-corrected chi connectivity index (χ4v) is 2.65. The van der Waals surface area contributed by atoms with E-state index in [4.69, 9.17) is 5.73 Å². The molecule has 0 rings (SSSR count). The van der Waals surface area contributed by atoms with E-state index < -0.39 is 0 Å². The minimum atomic E-state index is 0.331. The van der Waals surface area contributed by atoms with Gasteiger partial charge in [0.25, 0.3) is 0 Å². The summed E-state index contributed by atoms with van der Waals surface area (Å²) in [7, 11) is 0. The first-order valence-electron chi connectivity index (χ1n) is 8.57. The van der Waals surface area contributed by atoms with Crippen molar-refractivity contribution in [2.45, 2.75) is 96.9 Å². The zero-order valence-corrected chi connectivity index (χ0v) is 13.8. The first-order valence-corrected chi connectivity index (χ1v) is 8.57. The van der Waals surface area contributed by atoms with Gasteiger partial charge in [0.15, 0.2) is 0 Å². The van der Waals surface area contributed by atoms with Crippen LogP contribution in [0.1, 0.15) is 91.4 Å². The lowest BCUT2D eigenvalue weighted by Crippen LogP contribution is -2.39. The SMILES string of the molecule is CCCC(C)(C)NCCCCCCCCCCCN. The smallest absolute Gasteiger partial charge is 0.0125 e. The van der Waals surface area contributed by atoms with Gasteiger partial charge in [-0.05, 0) is 46.2 Å². The highest BCUT2D eigenvalue weighted by Crippen LogP contribution is 2.12. The highest BCUT2D eigenvalue weighted by atomic mass is 14.9. The van der Waals surface area contributed by atoms with Gasteiger partial charge in [-0.25, -0.2) is 0 Å². The van der Waals surface area contributed by atoms with Crippen molar-refractivity contribution >= 4 is 0 Å². The van der Waals surface area contributed by atoms with E-state index in [9.17, 15) is 0 Å². The molecular formula is C17H38N2. The van der Waals surface area contributed by atoms with Gasteiger partial charge in [-0.2, -0.15) is 0 Å². The fraction of sp³-hybridized carbons (Fsp3) is 1.00. The van der Waals surface area contributed by atoms with Gasteiger partial charge in [0.1, 0.15) is 0 Å². The molecule has 2 nitrogen and oxygen atoms in total. The van der Waals surface area contributed by atoms with Crippen molar-refractivity contribution in [3.63, 3.8) is 0 Å². The van der Waals surface area contributed by atoms with Crippen molar-refractivity contribution in [2.75, 3.05) is 13.1 Å². The molecule has 0 atom stereocenters. The van der Waals surface area contributed by atoms with E-state index in [2.05, 4.69) is 26.1 Å². The summed E-state index contributed by atoms with van der Waals surface area (Å²) >= 11 is 0. The molecule has 0 heterocycles. The minimum absolute atomic E-state index is 0.331. The van der Waals surface area contributed by atoms with Crippen molar-refractivity contribution < 1.29 is 0 Å². The second-order valence-corrected chi connectivity index (χ2v) is 6.53. The summed E-state index contributed by atoms with van der Waals surface area (Å²) in [4.78, 5) is 0. The molecule has 0 spiro atoms. The molecule has 2 heteroatoms. The van der Waals surface area contributed by atoms with Crippen molar-refractivity contribution in [3.8, 4) is 0 Å². The van der Waals surface area contributed by atoms with Gasteiger partial charge >= 0.3 is 0 Å². The molecular weight excluding hydrogens is 232 g/mol. The average Bonchev–Trinajstić information content (AvgIpc) is 2.36. The van der Waals surface area contributed by atoms with Crippen LogP contribution in [0.2, 0.25) is 0 Å². The summed E-state index contributed by atoms with van der Waals surface area (Å²) in [5, 5.41) is 3.67. The van der Waals surface area contributed by atoms with Crippen LogP contribution in [0.25, 0.3) is 0 Å². The highest BCUT2D eigenvalue weighted by molar-refractivity contribution is 4.76. The van der Waals surface area contributed by atoms with Crippen LogP contribution in [0.4, 0.5) is 0 Å². The number of nitrogens with two attached hydrogens (primary N) is 1. The van der Waals surface area contributed by atoms with Gasteiger partial charge in [-0.15, -0.1) is 0 Å². The van der Waals surface area contributed by atoms with E-state index in [0.29, 0.717) is 5.54 Å². The molecule has 0 amide bonds. The zero-order chi connectivity index (χ0) is 14.4. The monoisotopic (exact) mass is 270 g/mol. The number of rotatable bonds is 14. The van der Waals surface area contributed by atoms with Gasteiger partial charge in [-0.3, -0.25) is 0 Å². The van der Waals surface area contributed by atoms with E-state index in [0.717, 1.165) is 6.54 Å². The Hall–Kier alpha value is -0.0800. The van der Waals surface area contributed by atoms with E-state index in [1.807, 2.05) is 0 Å². The van der Waals surface area contributed by atoms with E-state index in [-0.39, 0.29) is 0 Å². The largest absolute Gasteiger partial charge is 0.330 e. The molecule has 0 aromatic carbocycles. The topological polar surface area (TPSA) is 38.0 Å². The van der Waals surface area contributed by atoms with Crippen molar-refractivity contribution in [2.24, 2.45) is 5.73 Å². The average molecular weight is 271 g/mol. The zero-order valence-electron chi connectivity index (χ0n) is 13.8. The van der Waals surface area contributed by atoms with Crippen molar-refractivity contribution in [3.05, 3.63) is 0 Å². The van der Waals surface area contributed by atoms with E-state index in [1.165, 1.54) is 77.2 Å². The van der Waals surface area contributed by atoms with Crippen molar-refractivity contribution in [1.29, 1.82) is 0 Å². The predicted octanol–water partition coefficient (Wildman–Crippen LogP) is 4.62.